The lowest BCUT2D eigenvalue weighted by Crippen LogP contribution is -2.56. The number of allylic oxidation sites excluding steroid dienone is 1. The van der Waals surface area contributed by atoms with Gasteiger partial charge in [0.15, 0.2) is 0 Å². The van der Waals surface area contributed by atoms with E-state index < -0.39 is 0 Å². The maximum absolute atomic E-state index is 5.82. The Morgan fingerprint density at radius 3 is 2.94 bits per heavy atom. The number of rotatable bonds is 6. The summed E-state index contributed by atoms with van der Waals surface area (Å²) in [5.74, 6) is 6.42. The van der Waals surface area contributed by atoms with Crippen molar-refractivity contribution in [2.24, 2.45) is 11.8 Å². The highest BCUT2D eigenvalue weighted by molar-refractivity contribution is 4.96. The lowest BCUT2D eigenvalue weighted by molar-refractivity contribution is -0.0807. The fourth-order valence-electron chi connectivity index (χ4n) is 2.97. The smallest absolute Gasteiger partial charge is 0.0847 e. The molecule has 0 aromatic carbocycles. The van der Waals surface area contributed by atoms with Gasteiger partial charge in [-0.3, -0.25) is 11.3 Å². The number of hydrazine groups is 1. The summed E-state index contributed by atoms with van der Waals surface area (Å²) in [7, 11) is 1.82. The van der Waals surface area contributed by atoms with Gasteiger partial charge in [0, 0.05) is 7.11 Å². The first-order chi connectivity index (χ1) is 7.68. The highest BCUT2D eigenvalue weighted by Crippen LogP contribution is 2.38. The third-order valence-electron chi connectivity index (χ3n) is 3.89. The normalized spacial score (nSPS) is 32.3. The first-order valence-corrected chi connectivity index (χ1v) is 6.30. The minimum atomic E-state index is -0.0740. The van der Waals surface area contributed by atoms with Gasteiger partial charge < -0.3 is 4.74 Å². The van der Waals surface area contributed by atoms with E-state index in [0.717, 1.165) is 31.6 Å². The van der Waals surface area contributed by atoms with E-state index in [1.165, 1.54) is 12.8 Å². The fraction of sp³-hybridized carbons (Fsp3) is 0.846. The SMILES string of the molecule is C=CCCC(NN)C1(OC)CCCC(C)C1. The summed E-state index contributed by atoms with van der Waals surface area (Å²) >= 11 is 0. The van der Waals surface area contributed by atoms with E-state index in [9.17, 15) is 0 Å². The van der Waals surface area contributed by atoms with Crippen LogP contribution in [0.1, 0.15) is 45.4 Å². The predicted octanol–water partition coefficient (Wildman–Crippen LogP) is 2.38. The van der Waals surface area contributed by atoms with Crippen LogP contribution in [0.2, 0.25) is 0 Å². The van der Waals surface area contributed by atoms with Gasteiger partial charge in [-0.1, -0.05) is 25.8 Å². The number of methoxy groups -OCH3 is 1. The second-order valence-electron chi connectivity index (χ2n) is 5.06. The molecule has 1 aliphatic rings. The van der Waals surface area contributed by atoms with Gasteiger partial charge in [-0.05, 0) is 31.6 Å². The minimum absolute atomic E-state index is 0.0740. The van der Waals surface area contributed by atoms with Gasteiger partial charge in [-0.15, -0.1) is 6.58 Å². The van der Waals surface area contributed by atoms with E-state index in [4.69, 9.17) is 10.6 Å². The Labute approximate surface area is 99.4 Å². The molecule has 1 fully saturated rings. The Kier molecular flexibility index (Phi) is 5.46. The summed E-state index contributed by atoms with van der Waals surface area (Å²) in [5, 5.41) is 0. The van der Waals surface area contributed by atoms with Crippen LogP contribution in [0, 0.1) is 5.92 Å². The van der Waals surface area contributed by atoms with Crippen molar-refractivity contribution in [1.82, 2.24) is 5.43 Å². The van der Waals surface area contributed by atoms with Crippen molar-refractivity contribution in [1.29, 1.82) is 0 Å². The van der Waals surface area contributed by atoms with Crippen LogP contribution in [0.4, 0.5) is 0 Å². The van der Waals surface area contributed by atoms with Gasteiger partial charge in [0.05, 0.1) is 11.6 Å². The molecule has 0 radical (unpaired) electrons. The molecule has 0 bridgehead atoms. The summed E-state index contributed by atoms with van der Waals surface area (Å²) in [5.41, 5.74) is 2.87. The van der Waals surface area contributed by atoms with Crippen molar-refractivity contribution in [2.45, 2.75) is 57.1 Å². The largest absolute Gasteiger partial charge is 0.377 e. The molecule has 0 aromatic rings. The predicted molar refractivity (Wildman–Crippen MR) is 67.9 cm³/mol. The first-order valence-electron chi connectivity index (χ1n) is 6.30. The van der Waals surface area contributed by atoms with E-state index in [0.29, 0.717) is 0 Å². The number of nitrogens with two attached hydrogens (primary N) is 1. The van der Waals surface area contributed by atoms with E-state index in [-0.39, 0.29) is 11.6 Å². The van der Waals surface area contributed by atoms with Gasteiger partial charge in [0.2, 0.25) is 0 Å². The molecular weight excluding hydrogens is 200 g/mol. The van der Waals surface area contributed by atoms with Crippen molar-refractivity contribution < 1.29 is 4.74 Å². The van der Waals surface area contributed by atoms with Crippen molar-refractivity contribution in [3.8, 4) is 0 Å². The molecule has 0 heterocycles. The molecule has 3 heteroatoms. The summed E-state index contributed by atoms with van der Waals surface area (Å²) in [6.07, 6.45) is 8.69. The Hall–Kier alpha value is -0.380. The molecule has 0 amide bonds. The number of nitrogens with one attached hydrogen (secondary N) is 1. The van der Waals surface area contributed by atoms with Gasteiger partial charge >= 0.3 is 0 Å². The number of hydrogen-bond donors (Lipinski definition) is 2. The molecule has 0 aliphatic heterocycles. The minimum Gasteiger partial charge on any atom is -0.377 e. The van der Waals surface area contributed by atoms with Crippen molar-refractivity contribution in [3.05, 3.63) is 12.7 Å². The van der Waals surface area contributed by atoms with Crippen molar-refractivity contribution >= 4 is 0 Å². The Morgan fingerprint density at radius 2 is 2.44 bits per heavy atom. The van der Waals surface area contributed by atoms with Crippen LogP contribution in [0.25, 0.3) is 0 Å². The zero-order valence-corrected chi connectivity index (χ0v) is 10.7. The van der Waals surface area contributed by atoms with Gasteiger partial charge in [0.25, 0.3) is 0 Å². The average molecular weight is 226 g/mol. The molecule has 3 atom stereocenters. The maximum atomic E-state index is 5.82. The Bertz CT molecular complexity index is 220. The molecule has 1 aliphatic carbocycles. The van der Waals surface area contributed by atoms with Crippen molar-refractivity contribution in [3.63, 3.8) is 0 Å². The molecule has 16 heavy (non-hydrogen) atoms. The fourth-order valence-corrected chi connectivity index (χ4v) is 2.97. The maximum Gasteiger partial charge on any atom is 0.0847 e. The van der Waals surface area contributed by atoms with Crippen LogP contribution in [0.15, 0.2) is 12.7 Å². The molecule has 3 N–H and O–H groups in total. The summed E-state index contributed by atoms with van der Waals surface area (Å²) in [4.78, 5) is 0. The van der Waals surface area contributed by atoms with Gasteiger partial charge in [0.1, 0.15) is 0 Å². The first kappa shape index (κ1) is 13.7. The Morgan fingerprint density at radius 1 is 1.69 bits per heavy atom. The molecule has 0 spiro atoms. The van der Waals surface area contributed by atoms with Gasteiger partial charge in [-0.25, -0.2) is 0 Å². The molecule has 1 rings (SSSR count). The standard InChI is InChI=1S/C13H26N2O/c1-4-5-8-12(15-14)13(16-3)9-6-7-11(2)10-13/h4,11-12,15H,1,5-10,14H2,2-3H3. The molecule has 0 saturated heterocycles. The van der Waals surface area contributed by atoms with E-state index >= 15 is 0 Å². The summed E-state index contributed by atoms with van der Waals surface area (Å²) in [6, 6.07) is 0.234. The monoisotopic (exact) mass is 226 g/mol. The average Bonchev–Trinajstić information content (AvgIpc) is 2.30. The molecule has 3 unspecified atom stereocenters. The lowest BCUT2D eigenvalue weighted by Gasteiger charge is -2.44. The zero-order chi connectivity index (χ0) is 12.0. The number of ether oxygens (including phenoxy) is 1. The van der Waals surface area contributed by atoms with Crippen LogP contribution in [0.5, 0.6) is 0 Å². The van der Waals surface area contributed by atoms with Crippen molar-refractivity contribution in [2.75, 3.05) is 7.11 Å². The lowest BCUT2D eigenvalue weighted by atomic mass is 9.73. The van der Waals surface area contributed by atoms with E-state index in [1.54, 1.807) is 0 Å². The highest BCUT2D eigenvalue weighted by Gasteiger charge is 2.41. The van der Waals surface area contributed by atoms with Crippen LogP contribution in [-0.2, 0) is 4.74 Å². The third kappa shape index (κ3) is 3.06. The van der Waals surface area contributed by atoms with Crippen LogP contribution in [0.3, 0.4) is 0 Å². The quantitative estimate of drug-likeness (QED) is 0.415. The summed E-state index contributed by atoms with van der Waals surface area (Å²) in [6.45, 7) is 6.07. The zero-order valence-electron chi connectivity index (χ0n) is 10.7. The summed E-state index contributed by atoms with van der Waals surface area (Å²) < 4.78 is 5.82. The van der Waals surface area contributed by atoms with Gasteiger partial charge in [-0.2, -0.15) is 0 Å². The number of hydrogen-bond acceptors (Lipinski definition) is 3. The van der Waals surface area contributed by atoms with Crippen LogP contribution < -0.4 is 11.3 Å². The molecule has 1 saturated carbocycles. The van der Waals surface area contributed by atoms with E-state index in [2.05, 4.69) is 18.9 Å². The van der Waals surface area contributed by atoms with Crippen LogP contribution >= 0.6 is 0 Å². The van der Waals surface area contributed by atoms with E-state index in [1.807, 2.05) is 13.2 Å². The topological polar surface area (TPSA) is 47.3 Å². The Balaban J connectivity index is 2.70. The molecule has 0 aromatic heterocycles. The second kappa shape index (κ2) is 6.38. The molecule has 94 valence electrons. The molecule has 3 nitrogen and oxygen atoms in total. The third-order valence-corrected chi connectivity index (χ3v) is 3.89. The van der Waals surface area contributed by atoms with Crippen LogP contribution in [-0.4, -0.2) is 18.8 Å². The highest BCUT2D eigenvalue weighted by atomic mass is 16.5. The molecular formula is C13H26N2O. The second-order valence-corrected chi connectivity index (χ2v) is 5.06.